The second kappa shape index (κ2) is 6.09. The first-order valence-electron chi connectivity index (χ1n) is 7.78. The first-order chi connectivity index (χ1) is 11.7. The van der Waals surface area contributed by atoms with Gasteiger partial charge in [-0.3, -0.25) is 0 Å². The molecule has 0 aliphatic carbocycles. The monoisotopic (exact) mass is 337 g/mol. The van der Waals surface area contributed by atoms with Crippen molar-refractivity contribution in [3.05, 3.63) is 64.7 Å². The summed E-state index contributed by atoms with van der Waals surface area (Å²) in [5.41, 5.74) is 5.62. The van der Waals surface area contributed by atoms with Gasteiger partial charge in [-0.15, -0.1) is 10.2 Å². The average Bonchev–Trinajstić information content (AvgIpc) is 3.08. The van der Waals surface area contributed by atoms with Crippen LogP contribution in [0.3, 0.4) is 0 Å². The first-order valence-corrected chi connectivity index (χ1v) is 8.15. The Bertz CT molecular complexity index is 902. The largest absolute Gasteiger partial charge is 0.377 e. The predicted molar refractivity (Wildman–Crippen MR) is 95.7 cm³/mol. The highest BCUT2D eigenvalue weighted by Crippen LogP contribution is 2.35. The average molecular weight is 338 g/mol. The van der Waals surface area contributed by atoms with Crippen molar-refractivity contribution >= 4 is 22.9 Å². The van der Waals surface area contributed by atoms with Crippen LogP contribution in [-0.4, -0.2) is 20.6 Å². The third-order valence-corrected chi connectivity index (χ3v) is 4.52. The van der Waals surface area contributed by atoms with Gasteiger partial charge in [-0.2, -0.15) is 5.21 Å². The van der Waals surface area contributed by atoms with Crippen molar-refractivity contribution < 1.29 is 0 Å². The van der Waals surface area contributed by atoms with E-state index in [-0.39, 0.29) is 6.04 Å². The predicted octanol–water partition coefficient (Wildman–Crippen LogP) is 4.48. The molecule has 0 radical (unpaired) electrons. The van der Waals surface area contributed by atoms with Crippen molar-refractivity contribution in [3.63, 3.8) is 0 Å². The number of hydrogen-bond donors (Lipinski definition) is 2. The zero-order valence-electron chi connectivity index (χ0n) is 13.1. The molecule has 1 atom stereocenters. The molecule has 4 rings (SSSR count). The van der Waals surface area contributed by atoms with Crippen LogP contribution in [0.25, 0.3) is 17.0 Å². The summed E-state index contributed by atoms with van der Waals surface area (Å²) in [4.78, 5) is 0. The molecule has 1 aliphatic heterocycles. The lowest BCUT2D eigenvalue weighted by Crippen LogP contribution is -2.09. The summed E-state index contributed by atoms with van der Waals surface area (Å²) in [6.07, 6.45) is 3.16. The molecule has 0 amide bonds. The topological polar surface area (TPSA) is 66.5 Å². The molecule has 2 heterocycles. The fraction of sp³-hybridized carbons (Fsp3) is 0.167. The van der Waals surface area contributed by atoms with E-state index in [9.17, 15) is 0 Å². The number of benzene rings is 2. The summed E-state index contributed by atoms with van der Waals surface area (Å²) in [7, 11) is 0. The van der Waals surface area contributed by atoms with E-state index in [1.807, 2.05) is 24.3 Å². The SMILES string of the molecule is CC1=CC[C@H](c2cccc(-c3nn[nH]n3)c2)Nc2cc(Cl)ccc21. The Morgan fingerprint density at radius 2 is 2.08 bits per heavy atom. The summed E-state index contributed by atoms with van der Waals surface area (Å²) in [6.45, 7) is 2.13. The summed E-state index contributed by atoms with van der Waals surface area (Å²) in [5, 5.41) is 18.6. The minimum absolute atomic E-state index is 0.159. The maximum absolute atomic E-state index is 6.18. The van der Waals surface area contributed by atoms with Crippen molar-refractivity contribution in [1.82, 2.24) is 20.6 Å². The Labute approximate surface area is 144 Å². The molecule has 1 aliphatic rings. The smallest absolute Gasteiger partial charge is 0.204 e. The lowest BCUT2D eigenvalue weighted by atomic mass is 10.0. The molecule has 0 saturated carbocycles. The number of aromatic amines is 1. The number of allylic oxidation sites excluding steroid dienone is 1. The highest BCUT2D eigenvalue weighted by Gasteiger charge is 2.18. The number of hydrogen-bond acceptors (Lipinski definition) is 4. The van der Waals surface area contributed by atoms with Crippen LogP contribution >= 0.6 is 11.6 Å². The lowest BCUT2D eigenvalue weighted by Gasteiger charge is -2.19. The summed E-state index contributed by atoms with van der Waals surface area (Å²) in [6, 6.07) is 14.3. The zero-order valence-corrected chi connectivity index (χ0v) is 13.9. The molecule has 1 aromatic heterocycles. The van der Waals surface area contributed by atoms with E-state index < -0.39 is 0 Å². The summed E-state index contributed by atoms with van der Waals surface area (Å²) in [5.74, 6) is 0.598. The standard InChI is InChI=1S/C18H16ClN5/c1-11-5-8-16(20-17-10-14(19)6-7-15(11)17)12-3-2-4-13(9-12)18-21-23-24-22-18/h2-7,9-10,16,20H,8H2,1H3,(H,21,22,23,24)/t16-/m1/s1. The third-order valence-electron chi connectivity index (χ3n) is 4.29. The molecule has 0 saturated heterocycles. The van der Waals surface area contributed by atoms with Crippen molar-refractivity contribution in [2.45, 2.75) is 19.4 Å². The summed E-state index contributed by atoms with van der Waals surface area (Å²) < 4.78 is 0. The molecular weight excluding hydrogens is 322 g/mol. The molecule has 120 valence electrons. The van der Waals surface area contributed by atoms with E-state index >= 15 is 0 Å². The Balaban J connectivity index is 1.72. The number of nitrogens with zero attached hydrogens (tertiary/aromatic N) is 3. The van der Waals surface area contributed by atoms with Crippen molar-refractivity contribution in [2.24, 2.45) is 0 Å². The van der Waals surface area contributed by atoms with Crippen LogP contribution < -0.4 is 5.32 Å². The van der Waals surface area contributed by atoms with Gasteiger partial charge in [0.2, 0.25) is 5.82 Å². The number of anilines is 1. The number of rotatable bonds is 2. The molecular formula is C18H16ClN5. The highest BCUT2D eigenvalue weighted by molar-refractivity contribution is 6.31. The molecule has 0 unspecified atom stereocenters. The number of nitrogens with one attached hydrogen (secondary N) is 2. The Morgan fingerprint density at radius 3 is 2.92 bits per heavy atom. The zero-order chi connectivity index (χ0) is 16.5. The second-order valence-electron chi connectivity index (χ2n) is 5.87. The maximum Gasteiger partial charge on any atom is 0.204 e. The van der Waals surface area contributed by atoms with Gasteiger partial charge in [0.15, 0.2) is 0 Å². The van der Waals surface area contributed by atoms with Crippen molar-refractivity contribution in [1.29, 1.82) is 0 Å². The van der Waals surface area contributed by atoms with E-state index in [1.165, 1.54) is 16.7 Å². The maximum atomic E-state index is 6.18. The Kier molecular flexibility index (Phi) is 3.78. The van der Waals surface area contributed by atoms with Crippen LogP contribution in [0, 0.1) is 0 Å². The third kappa shape index (κ3) is 2.78. The molecule has 2 N–H and O–H groups in total. The van der Waals surface area contributed by atoms with E-state index in [0.717, 1.165) is 22.7 Å². The van der Waals surface area contributed by atoms with Crippen LogP contribution in [0.2, 0.25) is 5.02 Å². The normalized spacial score (nSPS) is 16.8. The van der Waals surface area contributed by atoms with E-state index in [0.29, 0.717) is 5.82 Å². The molecule has 0 spiro atoms. The molecule has 6 heteroatoms. The Hall–Kier alpha value is -2.66. The van der Waals surface area contributed by atoms with Gasteiger partial charge < -0.3 is 5.32 Å². The highest BCUT2D eigenvalue weighted by atomic mass is 35.5. The fourth-order valence-electron chi connectivity index (χ4n) is 3.03. The van der Waals surface area contributed by atoms with E-state index in [1.54, 1.807) is 0 Å². The van der Waals surface area contributed by atoms with E-state index in [4.69, 9.17) is 11.6 Å². The molecule has 24 heavy (non-hydrogen) atoms. The van der Waals surface area contributed by atoms with Gasteiger partial charge in [-0.05, 0) is 47.9 Å². The van der Waals surface area contributed by atoms with Crippen LogP contribution in [-0.2, 0) is 0 Å². The first kappa shape index (κ1) is 14.9. The minimum atomic E-state index is 0.159. The van der Waals surface area contributed by atoms with Gasteiger partial charge in [-0.25, -0.2) is 0 Å². The van der Waals surface area contributed by atoms with Gasteiger partial charge in [0, 0.05) is 21.8 Å². The summed E-state index contributed by atoms with van der Waals surface area (Å²) >= 11 is 6.18. The molecule has 3 aromatic rings. The van der Waals surface area contributed by atoms with Crippen LogP contribution in [0.1, 0.15) is 30.5 Å². The number of tetrazole rings is 1. The van der Waals surface area contributed by atoms with Gasteiger partial charge >= 0.3 is 0 Å². The minimum Gasteiger partial charge on any atom is -0.377 e. The molecule has 5 nitrogen and oxygen atoms in total. The van der Waals surface area contributed by atoms with Crippen molar-refractivity contribution in [3.8, 4) is 11.4 Å². The quantitative estimate of drug-likeness (QED) is 0.723. The molecule has 2 aromatic carbocycles. The van der Waals surface area contributed by atoms with Gasteiger partial charge in [0.1, 0.15) is 0 Å². The number of halogens is 1. The van der Waals surface area contributed by atoms with Crippen LogP contribution in [0.15, 0.2) is 48.5 Å². The number of aromatic nitrogens is 4. The van der Waals surface area contributed by atoms with Gasteiger partial charge in [0.25, 0.3) is 0 Å². The molecule has 0 bridgehead atoms. The van der Waals surface area contributed by atoms with Gasteiger partial charge in [0.05, 0.1) is 6.04 Å². The Morgan fingerprint density at radius 1 is 1.17 bits per heavy atom. The number of H-pyrrole nitrogens is 1. The number of fused-ring (bicyclic) bond motifs is 1. The van der Waals surface area contributed by atoms with E-state index in [2.05, 4.69) is 57.1 Å². The lowest BCUT2D eigenvalue weighted by molar-refractivity contribution is 0.803. The van der Waals surface area contributed by atoms with Gasteiger partial charge in [-0.1, -0.05) is 41.9 Å². The van der Waals surface area contributed by atoms with Crippen LogP contribution in [0.5, 0.6) is 0 Å². The molecule has 0 fully saturated rings. The second-order valence-corrected chi connectivity index (χ2v) is 6.31. The van der Waals surface area contributed by atoms with Crippen molar-refractivity contribution in [2.75, 3.05) is 5.32 Å². The fourth-order valence-corrected chi connectivity index (χ4v) is 3.20. The van der Waals surface area contributed by atoms with Crippen LogP contribution in [0.4, 0.5) is 5.69 Å².